The van der Waals surface area contributed by atoms with Gasteiger partial charge >= 0.3 is 0 Å². The van der Waals surface area contributed by atoms with E-state index in [0.717, 1.165) is 12.1 Å². The number of nitrogens with two attached hydrogens (primary N) is 2. The summed E-state index contributed by atoms with van der Waals surface area (Å²) < 4.78 is 0. The van der Waals surface area contributed by atoms with Crippen LogP contribution in [0.3, 0.4) is 0 Å². The molecule has 1 unspecified atom stereocenters. The first-order valence-corrected chi connectivity index (χ1v) is 3.03. The van der Waals surface area contributed by atoms with E-state index in [1.807, 2.05) is 25.2 Å². The molecular formula is C7H12N2. The molecule has 0 radical (unpaired) electrons. The fourth-order valence-corrected chi connectivity index (χ4v) is 0.949. The van der Waals surface area contributed by atoms with Gasteiger partial charge in [0, 0.05) is 17.7 Å². The molecule has 9 heavy (non-hydrogen) atoms. The second kappa shape index (κ2) is 1.88. The lowest BCUT2D eigenvalue weighted by atomic mass is 9.93. The van der Waals surface area contributed by atoms with E-state index in [2.05, 4.69) is 0 Å². The molecule has 0 saturated carbocycles. The van der Waals surface area contributed by atoms with E-state index in [1.54, 1.807) is 0 Å². The number of allylic oxidation sites excluding steroid dienone is 2. The van der Waals surface area contributed by atoms with Gasteiger partial charge in [-0.1, -0.05) is 12.2 Å². The average Bonchev–Trinajstić information content (AvgIpc) is 1.60. The van der Waals surface area contributed by atoms with Crippen LogP contribution in [0.25, 0.3) is 0 Å². The third kappa shape index (κ3) is 1.57. The van der Waals surface area contributed by atoms with Gasteiger partial charge in [0.2, 0.25) is 0 Å². The van der Waals surface area contributed by atoms with Crippen molar-refractivity contribution in [3.05, 3.63) is 23.9 Å². The summed E-state index contributed by atoms with van der Waals surface area (Å²) in [7, 11) is 0. The van der Waals surface area contributed by atoms with Gasteiger partial charge in [-0.3, -0.25) is 0 Å². The smallest absolute Gasteiger partial charge is 0.0368 e. The second-order valence-electron chi connectivity index (χ2n) is 2.78. The minimum absolute atomic E-state index is 0.223. The average molecular weight is 124 g/mol. The van der Waals surface area contributed by atoms with Gasteiger partial charge in [0.05, 0.1) is 0 Å². The summed E-state index contributed by atoms with van der Waals surface area (Å²) in [5, 5.41) is 0. The lowest BCUT2D eigenvalue weighted by Gasteiger charge is -2.22. The summed E-state index contributed by atoms with van der Waals surface area (Å²) in [4.78, 5) is 0. The van der Waals surface area contributed by atoms with E-state index >= 15 is 0 Å². The minimum Gasteiger partial charge on any atom is -0.402 e. The van der Waals surface area contributed by atoms with Crippen LogP contribution in [0.4, 0.5) is 0 Å². The normalized spacial score (nSPS) is 34.2. The molecular weight excluding hydrogens is 112 g/mol. The number of hydrogen-bond acceptors (Lipinski definition) is 2. The van der Waals surface area contributed by atoms with E-state index in [1.165, 1.54) is 0 Å². The van der Waals surface area contributed by atoms with Crippen LogP contribution in [-0.2, 0) is 0 Å². The van der Waals surface area contributed by atoms with Crippen LogP contribution in [0.5, 0.6) is 0 Å². The minimum atomic E-state index is -0.223. The monoisotopic (exact) mass is 124 g/mol. The van der Waals surface area contributed by atoms with Crippen molar-refractivity contribution >= 4 is 0 Å². The summed E-state index contributed by atoms with van der Waals surface area (Å²) >= 11 is 0. The molecule has 0 bridgehead atoms. The fraction of sp³-hybridized carbons (Fsp3) is 0.429. The van der Waals surface area contributed by atoms with Crippen molar-refractivity contribution in [1.82, 2.24) is 0 Å². The summed E-state index contributed by atoms with van der Waals surface area (Å²) in [6, 6.07) is 0. The highest BCUT2D eigenvalue weighted by Gasteiger charge is 2.16. The van der Waals surface area contributed by atoms with E-state index in [9.17, 15) is 0 Å². The summed E-state index contributed by atoms with van der Waals surface area (Å²) in [6.45, 7) is 1.96. The van der Waals surface area contributed by atoms with E-state index in [-0.39, 0.29) is 5.54 Å². The molecule has 1 aliphatic rings. The van der Waals surface area contributed by atoms with Crippen molar-refractivity contribution in [2.24, 2.45) is 11.5 Å². The van der Waals surface area contributed by atoms with E-state index in [4.69, 9.17) is 11.5 Å². The maximum absolute atomic E-state index is 5.76. The van der Waals surface area contributed by atoms with Gasteiger partial charge in [-0.15, -0.1) is 0 Å². The molecule has 1 atom stereocenters. The number of hydrogen-bond donors (Lipinski definition) is 2. The molecule has 0 aromatic rings. The molecule has 4 N–H and O–H groups in total. The molecule has 0 amide bonds. The Balaban J connectivity index is 2.73. The van der Waals surface area contributed by atoms with Crippen LogP contribution in [0, 0.1) is 0 Å². The van der Waals surface area contributed by atoms with Gasteiger partial charge in [0.25, 0.3) is 0 Å². The predicted molar refractivity (Wildman–Crippen MR) is 38.6 cm³/mol. The molecule has 0 aliphatic heterocycles. The number of rotatable bonds is 0. The quantitative estimate of drug-likeness (QED) is 0.494. The Hall–Kier alpha value is -0.760. The van der Waals surface area contributed by atoms with Crippen molar-refractivity contribution in [3.63, 3.8) is 0 Å². The highest BCUT2D eigenvalue weighted by Crippen LogP contribution is 2.15. The Morgan fingerprint density at radius 1 is 1.67 bits per heavy atom. The van der Waals surface area contributed by atoms with Crippen LogP contribution in [0.15, 0.2) is 23.9 Å². The molecule has 50 valence electrons. The first-order chi connectivity index (χ1) is 4.10. The highest BCUT2D eigenvalue weighted by atomic mass is 14.7. The van der Waals surface area contributed by atoms with Gasteiger partial charge in [-0.25, -0.2) is 0 Å². The lowest BCUT2D eigenvalue weighted by Crippen LogP contribution is -2.36. The molecule has 0 aromatic heterocycles. The van der Waals surface area contributed by atoms with Crippen LogP contribution in [-0.4, -0.2) is 5.54 Å². The molecule has 0 saturated heterocycles. The molecule has 1 aliphatic carbocycles. The maximum atomic E-state index is 5.76. The van der Waals surface area contributed by atoms with Gasteiger partial charge in [0.1, 0.15) is 0 Å². The van der Waals surface area contributed by atoms with Gasteiger partial charge in [0.15, 0.2) is 0 Å². The largest absolute Gasteiger partial charge is 0.402 e. The third-order valence-electron chi connectivity index (χ3n) is 1.37. The highest BCUT2D eigenvalue weighted by molar-refractivity contribution is 5.23. The first-order valence-electron chi connectivity index (χ1n) is 3.03. The summed E-state index contributed by atoms with van der Waals surface area (Å²) in [5.74, 6) is 0. The Morgan fingerprint density at radius 2 is 2.33 bits per heavy atom. The lowest BCUT2D eigenvalue weighted by molar-refractivity contribution is 0.569. The van der Waals surface area contributed by atoms with Crippen molar-refractivity contribution in [3.8, 4) is 0 Å². The first kappa shape index (κ1) is 6.36. The molecule has 2 nitrogen and oxygen atoms in total. The van der Waals surface area contributed by atoms with E-state index < -0.39 is 0 Å². The predicted octanol–water partition coefficient (Wildman–Crippen LogP) is 0.506. The van der Waals surface area contributed by atoms with Gasteiger partial charge in [-0.2, -0.15) is 0 Å². The second-order valence-corrected chi connectivity index (χ2v) is 2.78. The molecule has 0 heterocycles. The fourth-order valence-electron chi connectivity index (χ4n) is 0.949. The Labute approximate surface area is 55.2 Å². The molecule has 0 spiro atoms. The molecule has 0 aromatic carbocycles. The Morgan fingerprint density at radius 3 is 2.67 bits per heavy atom. The van der Waals surface area contributed by atoms with Crippen molar-refractivity contribution in [2.45, 2.75) is 18.9 Å². The SMILES string of the molecule is CC1(N)C=CC=C(N)C1. The van der Waals surface area contributed by atoms with Crippen molar-refractivity contribution in [2.75, 3.05) is 0 Å². The standard InChI is InChI=1S/C7H12N2/c1-7(9)4-2-3-6(8)5-7/h2-4H,5,8-9H2,1H3. The van der Waals surface area contributed by atoms with Crippen molar-refractivity contribution in [1.29, 1.82) is 0 Å². The van der Waals surface area contributed by atoms with Crippen molar-refractivity contribution < 1.29 is 0 Å². The van der Waals surface area contributed by atoms with E-state index in [0.29, 0.717) is 0 Å². The zero-order valence-electron chi connectivity index (χ0n) is 5.59. The molecule has 1 rings (SSSR count). The van der Waals surface area contributed by atoms with Gasteiger partial charge in [-0.05, 0) is 13.0 Å². The zero-order chi connectivity index (χ0) is 6.91. The molecule has 2 heteroatoms. The molecule has 0 fully saturated rings. The Kier molecular flexibility index (Phi) is 1.33. The van der Waals surface area contributed by atoms with Crippen LogP contribution in [0.2, 0.25) is 0 Å². The topological polar surface area (TPSA) is 52.0 Å². The van der Waals surface area contributed by atoms with Crippen LogP contribution in [0.1, 0.15) is 13.3 Å². The maximum Gasteiger partial charge on any atom is 0.0368 e. The zero-order valence-corrected chi connectivity index (χ0v) is 5.59. The summed E-state index contributed by atoms with van der Waals surface area (Å²) in [6.07, 6.45) is 6.51. The van der Waals surface area contributed by atoms with Crippen LogP contribution < -0.4 is 11.5 Å². The Bertz CT molecular complexity index is 166. The van der Waals surface area contributed by atoms with Crippen LogP contribution >= 0.6 is 0 Å². The summed E-state index contributed by atoms with van der Waals surface area (Å²) in [5.41, 5.74) is 11.9. The third-order valence-corrected chi connectivity index (χ3v) is 1.37. The van der Waals surface area contributed by atoms with Gasteiger partial charge < -0.3 is 11.5 Å².